The fourth-order valence-electron chi connectivity index (χ4n) is 13.3. The highest BCUT2D eigenvalue weighted by Gasteiger charge is 2.63. The van der Waals surface area contributed by atoms with Gasteiger partial charge in [0.15, 0.2) is 0 Å². The van der Waals surface area contributed by atoms with Gasteiger partial charge in [0.05, 0.1) is 56.1 Å². The standard InChI is InChI=1S/C35H45N5O10S.C29H37N5O8S.C5H10O.2ClH/c1-5-22-18-35(22,33(43)39-51(45,46)26-11-12-26)38-30(41)28-17-25(49-31-27-13-10-24(48-4)16-21(27)14-15-36-31)19-40(28)32(42)29(20(2)47-3)37-34(44)50-23-8-6-7-9-23;1-5-18-14-29(18,28(37)33-43(38,39)21-7-8-21)32-25(35)23-13-20(15-34(23)27(36)24(30)16(2)40-3)42-26-22-9-6-19(41-4)12-17(22)10-11-31-26;6-5-3-1-2-4-5;;/h5,10,13-16,20,22-23,25-26,28-29H,1,6-9,11-12,17-19H2,2-4H3,(H,37,44)(H,38,41)(H,39,43);5-6,9-12,16,18,20-21,23-24H,1,7-8,13-15,30H2,2-4H3,(H,32,35)(H,33,37);5-6H,1-4H2;2*1H/t20-,22+,25+,28-,29?,35+;16-,18+,20+,23-,24-,29+;;;/m00.../s1. The molecule has 12 atom stereocenters. The summed E-state index contributed by atoms with van der Waals surface area (Å²) in [5, 5.41) is 18.7. The number of benzene rings is 2. The van der Waals surface area contributed by atoms with Gasteiger partial charge in [-0.05, 0) is 150 Å². The number of carbonyl (C=O) groups is 7. The largest absolute Gasteiger partial charge is 0.497 e. The molecule has 2 aromatic heterocycles. The number of sulfonamides is 2. The zero-order valence-electron chi connectivity index (χ0n) is 57.9. The van der Waals surface area contributed by atoms with Crippen LogP contribution in [-0.2, 0) is 63.0 Å². The van der Waals surface area contributed by atoms with Crippen LogP contribution >= 0.6 is 24.8 Å². The first-order valence-corrected chi connectivity index (χ1v) is 37.1. The van der Waals surface area contributed by atoms with Gasteiger partial charge in [-0.1, -0.05) is 25.0 Å². The molecule has 102 heavy (non-hydrogen) atoms. The van der Waals surface area contributed by atoms with Crippen molar-refractivity contribution in [3.63, 3.8) is 0 Å². The van der Waals surface area contributed by atoms with Crippen LogP contribution in [0.15, 0.2) is 86.2 Å². The van der Waals surface area contributed by atoms with Gasteiger partial charge in [0.2, 0.25) is 55.4 Å². The van der Waals surface area contributed by atoms with Gasteiger partial charge < -0.3 is 69.7 Å². The molecule has 8 fully saturated rings. The Morgan fingerprint density at radius 1 is 0.608 bits per heavy atom. The average molecular weight is 1500 g/mol. The summed E-state index contributed by atoms with van der Waals surface area (Å²) >= 11 is 0. The predicted octanol–water partition coefficient (Wildman–Crippen LogP) is 4.72. The van der Waals surface area contributed by atoms with Crippen molar-refractivity contribution in [3.05, 3.63) is 86.2 Å². The Bertz CT molecular complexity index is 3970. The van der Waals surface area contributed by atoms with Gasteiger partial charge in [-0.25, -0.2) is 31.6 Å². The van der Waals surface area contributed by atoms with Crippen molar-refractivity contribution >= 4 is 108 Å². The van der Waals surface area contributed by atoms with Crippen molar-refractivity contribution in [2.75, 3.05) is 41.5 Å². The second-order valence-electron chi connectivity index (χ2n) is 27.0. The average Bonchev–Trinajstić information content (AvgIpc) is 1.58. The number of alkyl carbamates (subject to hydrolysis) is 1. The lowest BCUT2D eigenvalue weighted by Gasteiger charge is -2.31. The van der Waals surface area contributed by atoms with E-state index in [0.29, 0.717) is 48.4 Å². The van der Waals surface area contributed by atoms with Crippen LogP contribution in [0.1, 0.15) is 117 Å². The van der Waals surface area contributed by atoms with Crippen LogP contribution in [-0.4, -0.2) is 207 Å². The number of fused-ring (bicyclic) bond motifs is 2. The number of aliphatic hydroxyl groups excluding tert-OH is 1. The van der Waals surface area contributed by atoms with Crippen molar-refractivity contribution in [1.82, 2.24) is 45.2 Å². The van der Waals surface area contributed by atoms with Crippen LogP contribution < -0.4 is 50.1 Å². The molecule has 0 radical (unpaired) electrons. The smallest absolute Gasteiger partial charge is 0.408 e. The molecular formula is C69H94Cl2N10O19S2. The topological polar surface area (TPSA) is 391 Å². The minimum Gasteiger partial charge on any atom is -0.497 e. The molecule has 6 saturated carbocycles. The van der Waals surface area contributed by atoms with E-state index in [9.17, 15) is 50.4 Å². The predicted molar refractivity (Wildman–Crippen MR) is 380 cm³/mol. The van der Waals surface area contributed by atoms with E-state index < -0.39 is 144 Å². The maximum Gasteiger partial charge on any atom is 0.408 e. The lowest BCUT2D eigenvalue weighted by Crippen LogP contribution is -2.60. The fraction of sp³-hybridized carbons (Fsp3) is 0.580. The number of rotatable bonds is 26. The number of nitrogens with one attached hydrogen (secondary N) is 5. The number of hydrogen-bond donors (Lipinski definition) is 7. The lowest BCUT2D eigenvalue weighted by molar-refractivity contribution is -0.143. The van der Waals surface area contributed by atoms with Crippen LogP contribution in [0.5, 0.6) is 23.3 Å². The molecule has 8 aliphatic rings. The summed E-state index contributed by atoms with van der Waals surface area (Å²) in [6, 6.07) is 9.93. The van der Waals surface area contributed by atoms with E-state index in [-0.39, 0.29) is 81.7 Å². The molecule has 12 rings (SSSR count). The number of carbonyl (C=O) groups excluding carboxylic acids is 7. The first-order chi connectivity index (χ1) is 47.7. The van der Waals surface area contributed by atoms with E-state index in [1.807, 2.05) is 24.3 Å². The van der Waals surface area contributed by atoms with Crippen molar-refractivity contribution in [1.29, 1.82) is 0 Å². The number of aromatic nitrogens is 2. The number of nitrogens with two attached hydrogens (primary N) is 1. The zero-order valence-corrected chi connectivity index (χ0v) is 61.2. The summed E-state index contributed by atoms with van der Waals surface area (Å²) in [6.07, 6.45) is 12.5. The molecule has 0 bridgehead atoms. The molecule has 8 N–H and O–H groups in total. The highest BCUT2D eigenvalue weighted by Crippen LogP contribution is 2.47. The number of ether oxygens (including phenoxy) is 7. The second kappa shape index (κ2) is 33.9. The summed E-state index contributed by atoms with van der Waals surface area (Å²) in [5.74, 6) is -3.23. The molecule has 2 saturated heterocycles. The summed E-state index contributed by atoms with van der Waals surface area (Å²) in [6.45, 7) is 10.7. The molecule has 2 aromatic carbocycles. The monoisotopic (exact) mass is 1500 g/mol. The molecule has 4 heterocycles. The maximum atomic E-state index is 14.4. The van der Waals surface area contributed by atoms with Crippen LogP contribution in [0.4, 0.5) is 4.79 Å². The Labute approximate surface area is 606 Å². The number of halogens is 2. The molecule has 29 nitrogen and oxygen atoms in total. The number of likely N-dealkylation sites (tertiary alicyclic amines) is 2. The Balaban J connectivity index is 0.000000237. The van der Waals surface area contributed by atoms with Crippen molar-refractivity contribution in [2.24, 2.45) is 17.6 Å². The zero-order chi connectivity index (χ0) is 72.0. The van der Waals surface area contributed by atoms with Crippen LogP contribution in [0.25, 0.3) is 21.5 Å². The SMILES string of the molecule is C=C[C@@H]1C[C@]1(NC(=O)[C@@H]1C[C@@H](Oc2nccc3cc(OC)ccc23)CN1C(=O)C(NC(=O)OC1CCCC1)[C@H](C)OC)C(=O)NS(=O)(=O)C1CC1.C=C[C@@H]1C[C@]1(NC(=O)[C@@H]1C[C@@H](Oc2nccc3cc(OC)ccc23)CN1C(=O)[C@@H](N)[C@H](C)OC)C(=O)NS(=O)(=O)C1CC1.Cl.Cl.OC1CCCC1. The Kier molecular flexibility index (Phi) is 26.6. The van der Waals surface area contributed by atoms with E-state index in [2.05, 4.69) is 48.5 Å². The quantitative estimate of drug-likeness (QED) is 0.0418. The minimum atomic E-state index is -3.90. The van der Waals surface area contributed by atoms with Gasteiger partial charge in [-0.15, -0.1) is 38.0 Å². The van der Waals surface area contributed by atoms with Crippen LogP contribution in [0, 0.1) is 11.8 Å². The summed E-state index contributed by atoms with van der Waals surface area (Å²) in [4.78, 5) is 107. The van der Waals surface area contributed by atoms with E-state index in [4.69, 9.17) is 44.0 Å². The highest BCUT2D eigenvalue weighted by molar-refractivity contribution is 7.91. The number of pyridine rings is 2. The third kappa shape index (κ3) is 18.5. The third-order valence-electron chi connectivity index (χ3n) is 20.1. The normalized spacial score (nSPS) is 25.5. The van der Waals surface area contributed by atoms with Gasteiger partial charge in [0, 0.05) is 62.1 Å². The second-order valence-corrected chi connectivity index (χ2v) is 30.9. The summed E-state index contributed by atoms with van der Waals surface area (Å²) in [7, 11) is -1.78. The minimum absolute atomic E-state index is 0. The van der Waals surface area contributed by atoms with Gasteiger partial charge in [0.25, 0.3) is 11.8 Å². The lowest BCUT2D eigenvalue weighted by atomic mass is 10.1. The molecule has 1 unspecified atom stereocenters. The first-order valence-electron chi connectivity index (χ1n) is 34.0. The van der Waals surface area contributed by atoms with Gasteiger partial charge in [0.1, 0.15) is 65.1 Å². The summed E-state index contributed by atoms with van der Waals surface area (Å²) in [5.41, 5.74) is 3.14. The number of hydrogen-bond acceptors (Lipinski definition) is 22. The molecular weight excluding hydrogens is 1410 g/mol. The molecule has 7 amide bonds. The van der Waals surface area contributed by atoms with Crippen LogP contribution in [0.2, 0.25) is 0 Å². The third-order valence-corrected chi connectivity index (χ3v) is 23.7. The molecule has 2 aliphatic heterocycles. The molecule has 560 valence electrons. The number of aliphatic hydroxyl groups is 1. The van der Waals surface area contributed by atoms with Gasteiger partial charge in [-0.3, -0.25) is 38.2 Å². The fourth-order valence-corrected chi connectivity index (χ4v) is 16.0. The summed E-state index contributed by atoms with van der Waals surface area (Å²) < 4.78 is 94.1. The number of methoxy groups -OCH3 is 4. The van der Waals surface area contributed by atoms with Crippen molar-refractivity contribution in [3.8, 4) is 23.3 Å². The van der Waals surface area contributed by atoms with Crippen molar-refractivity contribution in [2.45, 2.75) is 199 Å². The highest BCUT2D eigenvalue weighted by atomic mass is 35.5. The maximum absolute atomic E-state index is 14.4. The van der Waals surface area contributed by atoms with Crippen molar-refractivity contribution < 1.29 is 88.7 Å². The Morgan fingerprint density at radius 2 is 1.03 bits per heavy atom. The van der Waals surface area contributed by atoms with E-state index in [1.54, 1.807) is 64.7 Å². The van der Waals surface area contributed by atoms with Gasteiger partial charge >= 0.3 is 6.09 Å². The molecule has 4 aromatic rings. The van der Waals surface area contributed by atoms with E-state index in [0.717, 1.165) is 54.7 Å². The van der Waals surface area contributed by atoms with E-state index in [1.165, 1.54) is 49.0 Å². The van der Waals surface area contributed by atoms with E-state index >= 15 is 0 Å². The Hall–Kier alpha value is -7.65. The molecule has 0 spiro atoms. The van der Waals surface area contributed by atoms with Gasteiger partial charge in [-0.2, -0.15) is 0 Å². The molecule has 33 heteroatoms. The number of nitrogens with zero attached hydrogens (tertiary/aromatic N) is 4. The van der Waals surface area contributed by atoms with Crippen LogP contribution in [0.3, 0.4) is 0 Å². The number of amides is 7. The first kappa shape index (κ1) is 80.0. The molecule has 6 aliphatic carbocycles. The Morgan fingerprint density at radius 3 is 1.40 bits per heavy atom.